The fourth-order valence-corrected chi connectivity index (χ4v) is 3.51. The summed E-state index contributed by atoms with van der Waals surface area (Å²) in [4.78, 5) is 25.4. The van der Waals surface area contributed by atoms with Crippen LogP contribution in [0.15, 0.2) is 6.33 Å². The van der Waals surface area contributed by atoms with Crippen molar-refractivity contribution < 1.29 is 14.7 Å². The number of carboxylic acids is 1. The van der Waals surface area contributed by atoms with E-state index in [9.17, 15) is 14.7 Å². The molecule has 3 unspecified atom stereocenters. The maximum Gasteiger partial charge on any atom is 0.326 e. The quantitative estimate of drug-likeness (QED) is 0.830. The highest BCUT2D eigenvalue weighted by molar-refractivity contribution is 5.84. The number of aliphatic carboxylic acids is 1. The average molecular weight is 279 g/mol. The number of hydrogen-bond donors (Lipinski definition) is 1. The summed E-state index contributed by atoms with van der Waals surface area (Å²) in [6, 6.07) is -0.638. The molecule has 0 radical (unpaired) electrons. The van der Waals surface area contributed by atoms with Crippen LogP contribution in [0.1, 0.15) is 32.1 Å². The second-order valence-corrected chi connectivity index (χ2v) is 5.51. The second-order valence-electron chi connectivity index (χ2n) is 5.51. The molecule has 0 spiro atoms. The predicted octanol–water partition coefficient (Wildman–Crippen LogP) is -0.0826. The van der Waals surface area contributed by atoms with Crippen molar-refractivity contribution in [3.63, 3.8) is 0 Å². The van der Waals surface area contributed by atoms with Gasteiger partial charge in [0, 0.05) is 6.04 Å². The third-order valence-electron chi connectivity index (χ3n) is 4.35. The predicted molar refractivity (Wildman–Crippen MR) is 66.4 cm³/mol. The molecule has 20 heavy (non-hydrogen) atoms. The number of likely N-dealkylation sites (tertiary alicyclic amines) is 1. The van der Waals surface area contributed by atoms with E-state index < -0.39 is 12.0 Å². The highest BCUT2D eigenvalue weighted by Gasteiger charge is 2.47. The van der Waals surface area contributed by atoms with Gasteiger partial charge in [-0.25, -0.2) is 9.48 Å². The zero-order valence-electron chi connectivity index (χ0n) is 11.1. The Labute approximate surface area is 115 Å². The molecule has 1 aromatic rings. The standard InChI is InChI=1S/C12H17N5O3/c18-11(6-16-7-13-14-15-16)17-9-4-2-1-3-8(9)5-10(17)12(19)20/h7-10H,1-6H2,(H,19,20). The Bertz CT molecular complexity index is 503. The lowest BCUT2D eigenvalue weighted by Crippen LogP contribution is -2.47. The van der Waals surface area contributed by atoms with Gasteiger partial charge in [0.25, 0.3) is 0 Å². The summed E-state index contributed by atoms with van der Waals surface area (Å²) in [5, 5.41) is 20.0. The molecule has 1 saturated carbocycles. The zero-order chi connectivity index (χ0) is 14.1. The van der Waals surface area contributed by atoms with E-state index in [1.165, 1.54) is 11.0 Å². The van der Waals surface area contributed by atoms with E-state index in [4.69, 9.17) is 0 Å². The molecular weight excluding hydrogens is 262 g/mol. The molecule has 1 aliphatic carbocycles. The molecule has 1 aromatic heterocycles. The van der Waals surface area contributed by atoms with Crippen molar-refractivity contribution in [2.75, 3.05) is 0 Å². The van der Waals surface area contributed by atoms with E-state index in [1.54, 1.807) is 4.90 Å². The summed E-state index contributed by atoms with van der Waals surface area (Å²) < 4.78 is 1.33. The first kappa shape index (κ1) is 13.0. The number of hydrogen-bond acceptors (Lipinski definition) is 5. The number of carbonyl (C=O) groups excluding carboxylic acids is 1. The Kier molecular flexibility index (Phi) is 3.37. The van der Waals surface area contributed by atoms with Crippen molar-refractivity contribution in [3.05, 3.63) is 6.33 Å². The fraction of sp³-hybridized carbons (Fsp3) is 0.750. The SMILES string of the molecule is O=C(O)C1CC2CCCCC2N1C(=O)Cn1cnnn1. The summed E-state index contributed by atoms with van der Waals surface area (Å²) >= 11 is 0. The molecule has 1 N–H and O–H groups in total. The molecule has 3 rings (SSSR count). The van der Waals surface area contributed by atoms with Crippen LogP contribution in [0, 0.1) is 5.92 Å². The first-order valence-electron chi connectivity index (χ1n) is 6.91. The van der Waals surface area contributed by atoms with E-state index in [0.717, 1.165) is 25.7 Å². The van der Waals surface area contributed by atoms with Gasteiger partial charge < -0.3 is 10.0 Å². The van der Waals surface area contributed by atoms with E-state index in [0.29, 0.717) is 12.3 Å². The maximum atomic E-state index is 12.4. The molecule has 3 atom stereocenters. The normalized spacial score (nSPS) is 29.2. The smallest absolute Gasteiger partial charge is 0.326 e. The Morgan fingerprint density at radius 2 is 2.10 bits per heavy atom. The van der Waals surface area contributed by atoms with Crippen LogP contribution in [0.4, 0.5) is 0 Å². The van der Waals surface area contributed by atoms with E-state index >= 15 is 0 Å². The summed E-state index contributed by atoms with van der Waals surface area (Å²) in [6.07, 6.45) is 6.03. The lowest BCUT2D eigenvalue weighted by atomic mass is 9.85. The minimum absolute atomic E-state index is 0.000000000000000222. The molecule has 0 bridgehead atoms. The molecule has 0 aromatic carbocycles. The molecular formula is C12H17N5O3. The topological polar surface area (TPSA) is 101 Å². The minimum atomic E-state index is -0.913. The Hall–Kier alpha value is -1.99. The van der Waals surface area contributed by atoms with E-state index in [1.807, 2.05) is 0 Å². The molecule has 1 saturated heterocycles. The van der Waals surface area contributed by atoms with Gasteiger partial charge in [-0.3, -0.25) is 4.79 Å². The van der Waals surface area contributed by atoms with Crippen LogP contribution in [0.5, 0.6) is 0 Å². The van der Waals surface area contributed by atoms with Crippen molar-refractivity contribution in [1.82, 2.24) is 25.1 Å². The third kappa shape index (κ3) is 2.25. The molecule has 2 fully saturated rings. The summed E-state index contributed by atoms with van der Waals surface area (Å²) in [5.74, 6) is -0.800. The van der Waals surface area contributed by atoms with Crippen molar-refractivity contribution in [1.29, 1.82) is 0 Å². The Morgan fingerprint density at radius 1 is 1.30 bits per heavy atom. The van der Waals surface area contributed by atoms with Crippen molar-refractivity contribution >= 4 is 11.9 Å². The van der Waals surface area contributed by atoms with Crippen molar-refractivity contribution in [3.8, 4) is 0 Å². The Balaban J connectivity index is 1.79. The van der Waals surface area contributed by atoms with Crippen LogP contribution in [-0.4, -0.2) is 54.2 Å². The summed E-state index contributed by atoms with van der Waals surface area (Å²) in [6.45, 7) is -0.000000000000000222. The van der Waals surface area contributed by atoms with Gasteiger partial charge in [0.1, 0.15) is 18.9 Å². The van der Waals surface area contributed by atoms with E-state index in [2.05, 4.69) is 15.5 Å². The molecule has 8 nitrogen and oxygen atoms in total. The van der Waals surface area contributed by atoms with Crippen LogP contribution in [0.2, 0.25) is 0 Å². The minimum Gasteiger partial charge on any atom is -0.480 e. The summed E-state index contributed by atoms with van der Waals surface area (Å²) in [7, 11) is 0. The molecule has 108 valence electrons. The third-order valence-corrected chi connectivity index (χ3v) is 4.35. The highest BCUT2D eigenvalue weighted by atomic mass is 16.4. The van der Waals surface area contributed by atoms with Crippen molar-refractivity contribution in [2.24, 2.45) is 5.92 Å². The average Bonchev–Trinajstić information content (AvgIpc) is 3.04. The number of nitrogens with zero attached hydrogens (tertiary/aromatic N) is 5. The van der Waals surface area contributed by atoms with Crippen LogP contribution in [-0.2, 0) is 16.1 Å². The number of carbonyl (C=O) groups is 2. The van der Waals surface area contributed by atoms with Crippen LogP contribution in [0.3, 0.4) is 0 Å². The van der Waals surface area contributed by atoms with Crippen LogP contribution < -0.4 is 0 Å². The summed E-state index contributed by atoms with van der Waals surface area (Å²) in [5.41, 5.74) is 0. The molecule has 2 aliphatic rings. The molecule has 2 heterocycles. The van der Waals surface area contributed by atoms with Gasteiger partial charge in [-0.2, -0.15) is 0 Å². The van der Waals surface area contributed by atoms with Gasteiger partial charge in [0.05, 0.1) is 0 Å². The number of carboxylic acid groups (broad SMARTS) is 1. The molecule has 1 amide bonds. The molecule has 8 heteroatoms. The van der Waals surface area contributed by atoms with Gasteiger partial charge >= 0.3 is 5.97 Å². The highest BCUT2D eigenvalue weighted by Crippen LogP contribution is 2.39. The number of rotatable bonds is 3. The monoisotopic (exact) mass is 279 g/mol. The first-order chi connectivity index (χ1) is 9.66. The maximum absolute atomic E-state index is 12.4. The Morgan fingerprint density at radius 3 is 2.80 bits per heavy atom. The van der Waals surface area contributed by atoms with E-state index in [-0.39, 0.29) is 18.5 Å². The van der Waals surface area contributed by atoms with Gasteiger partial charge in [-0.15, -0.1) is 5.10 Å². The van der Waals surface area contributed by atoms with Gasteiger partial charge in [-0.1, -0.05) is 12.8 Å². The lowest BCUT2D eigenvalue weighted by Gasteiger charge is -2.32. The number of aromatic nitrogens is 4. The van der Waals surface area contributed by atoms with Crippen LogP contribution >= 0.6 is 0 Å². The fourth-order valence-electron chi connectivity index (χ4n) is 3.51. The largest absolute Gasteiger partial charge is 0.480 e. The van der Waals surface area contributed by atoms with Gasteiger partial charge in [0.2, 0.25) is 5.91 Å². The second kappa shape index (κ2) is 5.18. The number of fused-ring (bicyclic) bond motifs is 1. The lowest BCUT2D eigenvalue weighted by molar-refractivity contribution is -0.150. The van der Waals surface area contributed by atoms with Crippen LogP contribution in [0.25, 0.3) is 0 Å². The number of tetrazole rings is 1. The first-order valence-corrected chi connectivity index (χ1v) is 6.91. The molecule has 1 aliphatic heterocycles. The van der Waals surface area contributed by atoms with Gasteiger partial charge in [0.15, 0.2) is 0 Å². The van der Waals surface area contributed by atoms with Crippen molar-refractivity contribution in [2.45, 2.75) is 50.7 Å². The zero-order valence-corrected chi connectivity index (χ0v) is 11.1. The number of amides is 1. The van der Waals surface area contributed by atoms with Gasteiger partial charge in [-0.05, 0) is 35.6 Å².